The first kappa shape index (κ1) is 23.1. The molecule has 1 aliphatic rings. The zero-order valence-electron chi connectivity index (χ0n) is 18.9. The minimum atomic E-state index is -0.466. The van der Waals surface area contributed by atoms with Crippen LogP contribution in [0.4, 0.5) is 4.79 Å². The van der Waals surface area contributed by atoms with Crippen LogP contribution in [0, 0.1) is 0 Å². The van der Waals surface area contributed by atoms with Gasteiger partial charge in [0.15, 0.2) is 0 Å². The highest BCUT2D eigenvalue weighted by Crippen LogP contribution is 2.25. The Bertz CT molecular complexity index is 1060. The average molecular weight is 465 g/mol. The van der Waals surface area contributed by atoms with Gasteiger partial charge in [-0.1, -0.05) is 48.0 Å². The third-order valence-electron chi connectivity index (χ3n) is 5.87. The molecule has 172 valence electrons. The maximum atomic E-state index is 12.2. The van der Waals surface area contributed by atoms with Crippen molar-refractivity contribution >= 4 is 17.7 Å². The molecule has 1 heterocycles. The largest absolute Gasteiger partial charge is 0.496 e. The summed E-state index contributed by atoms with van der Waals surface area (Å²) in [5.74, 6) is 1.40. The molecule has 33 heavy (non-hydrogen) atoms. The molecule has 0 aromatic heterocycles. The van der Waals surface area contributed by atoms with E-state index < -0.39 is 6.09 Å². The van der Waals surface area contributed by atoms with Crippen molar-refractivity contribution in [3.05, 3.63) is 82.9 Å². The van der Waals surface area contributed by atoms with E-state index in [-0.39, 0.29) is 0 Å². The lowest BCUT2D eigenvalue weighted by Gasteiger charge is -2.17. The first-order valence-electron chi connectivity index (χ1n) is 11.3. The fourth-order valence-corrected chi connectivity index (χ4v) is 4.19. The van der Waals surface area contributed by atoms with Crippen molar-refractivity contribution in [2.45, 2.75) is 25.8 Å². The lowest BCUT2D eigenvalue weighted by atomic mass is 10.1. The second-order valence-corrected chi connectivity index (χ2v) is 8.66. The van der Waals surface area contributed by atoms with Gasteiger partial charge in [0, 0.05) is 23.7 Å². The van der Waals surface area contributed by atoms with Gasteiger partial charge in [0.25, 0.3) is 0 Å². The molecular formula is C27H29ClN2O3. The highest BCUT2D eigenvalue weighted by molar-refractivity contribution is 6.30. The molecule has 0 bridgehead atoms. The number of benzene rings is 3. The smallest absolute Gasteiger partial charge is 0.412 e. The monoisotopic (exact) mass is 464 g/mol. The summed E-state index contributed by atoms with van der Waals surface area (Å²) in [5, 5.41) is 3.52. The first-order valence-corrected chi connectivity index (χ1v) is 11.7. The summed E-state index contributed by atoms with van der Waals surface area (Å²) in [4.78, 5) is 14.6. The number of rotatable bonds is 8. The Morgan fingerprint density at radius 1 is 0.970 bits per heavy atom. The first-order chi connectivity index (χ1) is 16.1. The number of carbonyl (C=O) groups is 1. The highest BCUT2D eigenvalue weighted by Gasteiger charge is 2.14. The summed E-state index contributed by atoms with van der Waals surface area (Å²) in [7, 11) is 1.71. The normalized spacial score (nSPS) is 13.6. The summed E-state index contributed by atoms with van der Waals surface area (Å²) >= 11 is 5.94. The van der Waals surface area contributed by atoms with E-state index in [9.17, 15) is 4.79 Å². The van der Waals surface area contributed by atoms with Crippen LogP contribution in [0.5, 0.6) is 11.5 Å². The topological polar surface area (TPSA) is 50.8 Å². The SMILES string of the molecule is COc1cc(CCNC(=O)Oc2ccc(-c3ccc(Cl)cc3)cc2)ccc1CN1CCCC1. The number of likely N-dealkylation sites (tertiary alicyclic amines) is 1. The molecule has 4 rings (SSSR count). The molecule has 0 atom stereocenters. The Morgan fingerprint density at radius 2 is 1.64 bits per heavy atom. The van der Waals surface area contributed by atoms with E-state index in [0.717, 1.165) is 42.1 Å². The summed E-state index contributed by atoms with van der Waals surface area (Å²) in [6, 6.07) is 21.3. The summed E-state index contributed by atoms with van der Waals surface area (Å²) in [6.07, 6.45) is 2.78. The van der Waals surface area contributed by atoms with Crippen LogP contribution >= 0.6 is 11.6 Å². The highest BCUT2D eigenvalue weighted by atomic mass is 35.5. The van der Waals surface area contributed by atoms with E-state index in [1.54, 1.807) is 19.2 Å². The van der Waals surface area contributed by atoms with Crippen molar-refractivity contribution in [2.24, 2.45) is 0 Å². The van der Waals surface area contributed by atoms with E-state index >= 15 is 0 Å². The zero-order chi connectivity index (χ0) is 23.0. The Morgan fingerprint density at radius 3 is 2.30 bits per heavy atom. The van der Waals surface area contributed by atoms with Gasteiger partial charge in [0.1, 0.15) is 11.5 Å². The maximum Gasteiger partial charge on any atom is 0.412 e. The van der Waals surface area contributed by atoms with E-state index in [1.165, 1.54) is 18.4 Å². The van der Waals surface area contributed by atoms with Crippen molar-refractivity contribution in [3.63, 3.8) is 0 Å². The van der Waals surface area contributed by atoms with Crippen LogP contribution in [0.1, 0.15) is 24.0 Å². The quantitative estimate of drug-likeness (QED) is 0.448. The van der Waals surface area contributed by atoms with Crippen molar-refractivity contribution in [3.8, 4) is 22.6 Å². The van der Waals surface area contributed by atoms with Gasteiger partial charge in [-0.05, 0) is 79.4 Å². The van der Waals surface area contributed by atoms with Crippen LogP contribution in [-0.2, 0) is 13.0 Å². The van der Waals surface area contributed by atoms with Gasteiger partial charge < -0.3 is 14.8 Å². The number of amides is 1. The summed E-state index contributed by atoms with van der Waals surface area (Å²) < 4.78 is 11.0. The molecule has 1 fully saturated rings. The standard InChI is InChI=1S/C27H29ClN2O3/c1-32-26-18-20(4-5-23(26)19-30-16-2-3-17-30)14-15-29-27(31)33-25-12-8-22(9-13-25)21-6-10-24(28)11-7-21/h4-13,18H,2-3,14-17,19H2,1H3,(H,29,31). The van der Waals surface area contributed by atoms with Crippen molar-refractivity contribution < 1.29 is 14.3 Å². The number of halogens is 1. The number of ether oxygens (including phenoxy) is 2. The lowest BCUT2D eigenvalue weighted by molar-refractivity contribution is 0.200. The fourth-order valence-electron chi connectivity index (χ4n) is 4.07. The van der Waals surface area contributed by atoms with Gasteiger partial charge in [-0.25, -0.2) is 4.79 Å². The molecule has 0 saturated carbocycles. The Kier molecular flexibility index (Phi) is 7.87. The van der Waals surface area contributed by atoms with Crippen LogP contribution in [0.3, 0.4) is 0 Å². The van der Waals surface area contributed by atoms with E-state index in [4.69, 9.17) is 21.1 Å². The third-order valence-corrected chi connectivity index (χ3v) is 6.12. The fraction of sp³-hybridized carbons (Fsp3) is 0.296. The van der Waals surface area contributed by atoms with Gasteiger partial charge in [-0.2, -0.15) is 0 Å². The van der Waals surface area contributed by atoms with Gasteiger partial charge in [-0.15, -0.1) is 0 Å². The lowest BCUT2D eigenvalue weighted by Crippen LogP contribution is -2.28. The van der Waals surface area contributed by atoms with E-state index in [0.29, 0.717) is 23.7 Å². The summed E-state index contributed by atoms with van der Waals surface area (Å²) in [6.45, 7) is 3.71. The predicted octanol–water partition coefficient (Wildman–Crippen LogP) is 5.94. The minimum absolute atomic E-state index is 0.466. The number of nitrogens with zero attached hydrogens (tertiary/aromatic N) is 1. The Hall–Kier alpha value is -3.02. The minimum Gasteiger partial charge on any atom is -0.496 e. The van der Waals surface area contributed by atoms with Crippen molar-refractivity contribution in [1.82, 2.24) is 10.2 Å². The molecule has 1 N–H and O–H groups in total. The second-order valence-electron chi connectivity index (χ2n) is 8.23. The Labute approximate surface area is 200 Å². The zero-order valence-corrected chi connectivity index (χ0v) is 19.6. The number of nitrogens with one attached hydrogen (secondary N) is 1. The van der Waals surface area contributed by atoms with Crippen LogP contribution in [-0.4, -0.2) is 37.7 Å². The molecule has 0 radical (unpaired) electrons. The van der Waals surface area contributed by atoms with Crippen molar-refractivity contribution in [1.29, 1.82) is 0 Å². The molecule has 1 saturated heterocycles. The number of carbonyl (C=O) groups excluding carboxylic acids is 1. The number of hydrogen-bond donors (Lipinski definition) is 1. The molecule has 1 aliphatic heterocycles. The van der Waals surface area contributed by atoms with Crippen LogP contribution in [0.25, 0.3) is 11.1 Å². The molecule has 3 aromatic carbocycles. The molecule has 6 heteroatoms. The average Bonchev–Trinajstić information content (AvgIpc) is 3.34. The number of methoxy groups -OCH3 is 1. The second kappa shape index (κ2) is 11.2. The van der Waals surface area contributed by atoms with Crippen LogP contribution in [0.15, 0.2) is 66.7 Å². The Balaban J connectivity index is 1.25. The maximum absolute atomic E-state index is 12.2. The van der Waals surface area contributed by atoms with E-state index in [2.05, 4.69) is 28.4 Å². The molecule has 0 spiro atoms. The van der Waals surface area contributed by atoms with Gasteiger partial charge >= 0.3 is 6.09 Å². The van der Waals surface area contributed by atoms with Crippen LogP contribution < -0.4 is 14.8 Å². The molecule has 0 unspecified atom stereocenters. The third kappa shape index (κ3) is 6.50. The molecule has 0 aliphatic carbocycles. The van der Waals surface area contributed by atoms with Crippen molar-refractivity contribution in [2.75, 3.05) is 26.7 Å². The molecule has 1 amide bonds. The molecular weight excluding hydrogens is 436 g/mol. The predicted molar refractivity (Wildman–Crippen MR) is 132 cm³/mol. The molecule has 3 aromatic rings. The number of hydrogen-bond acceptors (Lipinski definition) is 4. The summed E-state index contributed by atoms with van der Waals surface area (Å²) in [5.41, 5.74) is 4.40. The van der Waals surface area contributed by atoms with Gasteiger partial charge in [-0.3, -0.25) is 4.90 Å². The van der Waals surface area contributed by atoms with E-state index in [1.807, 2.05) is 36.4 Å². The molecule has 5 nitrogen and oxygen atoms in total. The van der Waals surface area contributed by atoms with Gasteiger partial charge in [0.2, 0.25) is 0 Å². The van der Waals surface area contributed by atoms with Crippen LogP contribution in [0.2, 0.25) is 5.02 Å². The van der Waals surface area contributed by atoms with Gasteiger partial charge in [0.05, 0.1) is 7.11 Å².